The molecule has 1 saturated heterocycles. The smallest absolute Gasteiger partial charge is 0.329 e. The molecule has 0 spiro atoms. The summed E-state index contributed by atoms with van der Waals surface area (Å²) in [5, 5.41) is 12.2. The van der Waals surface area contributed by atoms with Gasteiger partial charge in [-0.1, -0.05) is 6.07 Å². The normalized spacial score (nSPS) is 22.0. The molecule has 0 aliphatic carbocycles. The van der Waals surface area contributed by atoms with Gasteiger partial charge >= 0.3 is 12.0 Å². The lowest BCUT2D eigenvalue weighted by molar-refractivity contribution is -0.150. The van der Waals surface area contributed by atoms with E-state index in [1.807, 2.05) is 18.2 Å². The molecule has 5 nitrogen and oxygen atoms in total. The predicted molar refractivity (Wildman–Crippen MR) is 87.5 cm³/mol. The Morgan fingerprint density at radius 3 is 2.48 bits per heavy atom. The van der Waals surface area contributed by atoms with Crippen LogP contribution in [0.3, 0.4) is 0 Å². The van der Waals surface area contributed by atoms with E-state index in [0.29, 0.717) is 18.7 Å². The van der Waals surface area contributed by atoms with Crippen LogP contribution in [0.1, 0.15) is 26.2 Å². The van der Waals surface area contributed by atoms with Gasteiger partial charge < -0.3 is 15.3 Å². The Bertz CT molecular complexity index is 559. The number of carbonyl (C=O) groups is 2. The number of urea groups is 1. The average molecular weight is 420 g/mol. The highest BCUT2D eigenvalue weighted by Crippen LogP contribution is 2.33. The number of benzene rings is 1. The number of aliphatic carboxylic acids is 1. The Balaban J connectivity index is 2.24. The number of hydrogen-bond donors (Lipinski definition) is 2. The van der Waals surface area contributed by atoms with E-state index < -0.39 is 17.5 Å². The number of carboxylic acid groups (broad SMARTS) is 1. The van der Waals surface area contributed by atoms with E-state index in [0.717, 1.165) is 21.8 Å². The first-order valence-corrected chi connectivity index (χ1v) is 8.21. The van der Waals surface area contributed by atoms with Gasteiger partial charge in [-0.2, -0.15) is 0 Å². The fraction of sp³-hybridized carbons (Fsp3) is 0.429. The summed E-state index contributed by atoms with van der Waals surface area (Å²) in [4.78, 5) is 25.4. The minimum atomic E-state index is -1.16. The molecule has 114 valence electrons. The molecule has 1 heterocycles. The first kappa shape index (κ1) is 16.3. The summed E-state index contributed by atoms with van der Waals surface area (Å²) in [6.07, 6.45) is 2.09. The van der Waals surface area contributed by atoms with E-state index in [1.54, 1.807) is 6.92 Å². The van der Waals surface area contributed by atoms with Crippen molar-refractivity contribution in [3.8, 4) is 0 Å². The van der Waals surface area contributed by atoms with Gasteiger partial charge in [-0.15, -0.1) is 0 Å². The number of rotatable bonds is 2. The number of halogens is 2. The minimum Gasteiger partial charge on any atom is -0.480 e. The fourth-order valence-corrected chi connectivity index (χ4v) is 3.66. The lowest BCUT2D eigenvalue weighted by atomic mass is 9.89. The first-order chi connectivity index (χ1) is 9.86. The fourth-order valence-electron chi connectivity index (χ4n) is 2.46. The van der Waals surface area contributed by atoms with Crippen LogP contribution in [0.5, 0.6) is 0 Å². The van der Waals surface area contributed by atoms with Gasteiger partial charge in [-0.25, -0.2) is 9.59 Å². The van der Waals surface area contributed by atoms with Crippen molar-refractivity contribution in [2.75, 3.05) is 11.9 Å². The zero-order valence-corrected chi connectivity index (χ0v) is 14.7. The molecule has 1 aliphatic rings. The van der Waals surface area contributed by atoms with Crippen LogP contribution in [0.2, 0.25) is 0 Å². The number of nitrogens with zero attached hydrogens (tertiary/aromatic N) is 1. The zero-order chi connectivity index (χ0) is 15.6. The minimum absolute atomic E-state index is 0.396. The second-order valence-electron chi connectivity index (χ2n) is 5.21. The van der Waals surface area contributed by atoms with Crippen molar-refractivity contribution in [1.29, 1.82) is 0 Å². The molecular weight excluding hydrogens is 404 g/mol. The van der Waals surface area contributed by atoms with Crippen molar-refractivity contribution >= 4 is 49.5 Å². The quantitative estimate of drug-likeness (QED) is 0.758. The van der Waals surface area contributed by atoms with Gasteiger partial charge in [0.05, 0.1) is 5.69 Å². The highest BCUT2D eigenvalue weighted by Gasteiger charge is 2.44. The number of nitrogens with one attached hydrogen (secondary N) is 1. The van der Waals surface area contributed by atoms with Crippen LogP contribution in [0.25, 0.3) is 0 Å². The number of para-hydroxylation sites is 1. The number of piperidine rings is 1. The molecule has 1 fully saturated rings. The Labute approximate surface area is 140 Å². The third-order valence-corrected chi connectivity index (χ3v) is 5.11. The van der Waals surface area contributed by atoms with Crippen LogP contribution in [0.15, 0.2) is 27.1 Å². The van der Waals surface area contributed by atoms with Crippen LogP contribution >= 0.6 is 31.9 Å². The second-order valence-corrected chi connectivity index (χ2v) is 6.92. The topological polar surface area (TPSA) is 69.6 Å². The summed E-state index contributed by atoms with van der Waals surface area (Å²) < 4.78 is 1.47. The lowest BCUT2D eigenvalue weighted by Crippen LogP contribution is -2.58. The highest BCUT2D eigenvalue weighted by atomic mass is 79.9. The predicted octanol–water partition coefficient (Wildman–Crippen LogP) is 4.07. The van der Waals surface area contributed by atoms with Crippen molar-refractivity contribution in [1.82, 2.24) is 4.90 Å². The van der Waals surface area contributed by atoms with Crippen molar-refractivity contribution < 1.29 is 14.7 Å². The van der Waals surface area contributed by atoms with E-state index in [4.69, 9.17) is 0 Å². The molecule has 2 amide bonds. The van der Waals surface area contributed by atoms with Gasteiger partial charge in [0.2, 0.25) is 0 Å². The summed E-state index contributed by atoms with van der Waals surface area (Å²) >= 11 is 6.76. The van der Waals surface area contributed by atoms with E-state index >= 15 is 0 Å². The molecule has 1 aromatic rings. The summed E-state index contributed by atoms with van der Waals surface area (Å²) in [7, 11) is 0. The van der Waals surface area contributed by atoms with Crippen LogP contribution in [-0.4, -0.2) is 34.1 Å². The highest BCUT2D eigenvalue weighted by molar-refractivity contribution is 9.11. The molecule has 21 heavy (non-hydrogen) atoms. The largest absolute Gasteiger partial charge is 0.480 e. The van der Waals surface area contributed by atoms with E-state index in [1.165, 1.54) is 4.90 Å². The number of carbonyl (C=O) groups excluding carboxylic acids is 1. The summed E-state index contributed by atoms with van der Waals surface area (Å²) in [6.45, 7) is 2.04. The standard InChI is InChI=1S/C14H16Br2N2O3/c1-14(12(19)20)7-2-3-8-18(14)13(21)17-11-9(15)5-4-6-10(11)16/h4-6H,2-3,7-8H2,1H3,(H,17,21)(H,19,20). The Kier molecular flexibility index (Phi) is 4.93. The third kappa shape index (κ3) is 3.23. The average Bonchev–Trinajstić information content (AvgIpc) is 2.43. The monoisotopic (exact) mass is 418 g/mol. The molecule has 0 radical (unpaired) electrons. The molecule has 0 bridgehead atoms. The van der Waals surface area contributed by atoms with Gasteiger partial charge in [-0.05, 0) is 70.2 Å². The molecule has 0 saturated carbocycles. The van der Waals surface area contributed by atoms with E-state index in [-0.39, 0.29) is 0 Å². The Morgan fingerprint density at radius 1 is 1.29 bits per heavy atom. The second kappa shape index (κ2) is 6.36. The molecule has 7 heteroatoms. The van der Waals surface area contributed by atoms with Gasteiger partial charge in [0.1, 0.15) is 5.54 Å². The van der Waals surface area contributed by atoms with Gasteiger partial charge in [0, 0.05) is 15.5 Å². The molecule has 1 atom stereocenters. The maximum atomic E-state index is 12.5. The number of carboxylic acids is 1. The van der Waals surface area contributed by atoms with Gasteiger partial charge in [0.15, 0.2) is 0 Å². The van der Waals surface area contributed by atoms with Crippen LogP contribution in [0.4, 0.5) is 10.5 Å². The lowest BCUT2D eigenvalue weighted by Gasteiger charge is -2.41. The Hall–Kier alpha value is -1.08. The maximum absolute atomic E-state index is 12.5. The van der Waals surface area contributed by atoms with E-state index in [2.05, 4.69) is 37.2 Å². The molecule has 1 aliphatic heterocycles. The van der Waals surface area contributed by atoms with Crippen molar-refractivity contribution in [3.63, 3.8) is 0 Å². The number of hydrogen-bond acceptors (Lipinski definition) is 2. The zero-order valence-electron chi connectivity index (χ0n) is 11.5. The van der Waals surface area contributed by atoms with E-state index in [9.17, 15) is 14.7 Å². The number of anilines is 1. The molecule has 2 rings (SSSR count). The first-order valence-electron chi connectivity index (χ1n) is 6.62. The molecule has 0 aromatic heterocycles. The third-order valence-electron chi connectivity index (χ3n) is 3.79. The molecule has 1 aromatic carbocycles. The summed E-state index contributed by atoms with van der Waals surface area (Å²) in [5.41, 5.74) is -0.559. The van der Waals surface area contributed by atoms with Crippen molar-refractivity contribution in [3.05, 3.63) is 27.1 Å². The molecule has 1 unspecified atom stereocenters. The number of likely N-dealkylation sites (tertiary alicyclic amines) is 1. The summed E-state index contributed by atoms with van der Waals surface area (Å²) in [5.74, 6) is -0.969. The molecule has 2 N–H and O–H groups in total. The maximum Gasteiger partial charge on any atom is 0.329 e. The van der Waals surface area contributed by atoms with Crippen LogP contribution < -0.4 is 5.32 Å². The van der Waals surface area contributed by atoms with Gasteiger partial charge in [0.25, 0.3) is 0 Å². The Morgan fingerprint density at radius 2 is 1.90 bits per heavy atom. The van der Waals surface area contributed by atoms with Crippen LogP contribution in [0, 0.1) is 0 Å². The van der Waals surface area contributed by atoms with Gasteiger partial charge in [-0.3, -0.25) is 0 Å². The SMILES string of the molecule is CC1(C(=O)O)CCCCN1C(=O)Nc1c(Br)cccc1Br. The summed E-state index contributed by atoms with van der Waals surface area (Å²) in [6, 6.07) is 5.07. The van der Waals surface area contributed by atoms with Crippen molar-refractivity contribution in [2.24, 2.45) is 0 Å². The van der Waals surface area contributed by atoms with Crippen molar-refractivity contribution in [2.45, 2.75) is 31.7 Å². The number of amides is 2. The molecular formula is C14H16Br2N2O3. The van der Waals surface area contributed by atoms with Crippen LogP contribution in [-0.2, 0) is 4.79 Å².